The van der Waals surface area contributed by atoms with E-state index in [1.54, 1.807) is 0 Å². The van der Waals surface area contributed by atoms with Crippen LogP contribution in [0.3, 0.4) is 0 Å². The van der Waals surface area contributed by atoms with E-state index in [4.69, 9.17) is 4.42 Å². The highest BCUT2D eigenvalue weighted by Gasteiger charge is 2.48. The molecule has 0 amide bonds. The Morgan fingerprint density at radius 3 is 2.06 bits per heavy atom. The quantitative estimate of drug-likeness (QED) is 0.165. The molecular formula is C61H51BN2OS. The maximum atomic E-state index is 6.36. The van der Waals surface area contributed by atoms with Gasteiger partial charge in [-0.3, -0.25) is 0 Å². The van der Waals surface area contributed by atoms with Crippen LogP contribution in [0.25, 0.3) is 64.5 Å². The lowest BCUT2D eigenvalue weighted by Crippen LogP contribution is -2.61. The molecule has 0 spiro atoms. The standard InChI is InChI=1S/C61H51BN2OS/c1-59(2,3)38-22-25-40(26-23-38)64-52-34-49-44(41-18-12-14-20-48(41)61(49,7)8)32-45(52)46-33-47-42-19-13-15-21-55(42)66-58(47)57-56(46)62(64)50-35-54-37(28-29-65-54)30-53(50)63(57)51-27-24-39(60(4,5)6)31-43(51)36-16-10-9-11-17-36/h9-35H,1-8H3. The topological polar surface area (TPSA) is 19.6 Å². The molecule has 0 unspecified atom stereocenters. The highest BCUT2D eigenvalue weighted by atomic mass is 32.1. The molecule has 0 fully saturated rings. The second-order valence-corrected chi connectivity index (χ2v) is 22.4. The van der Waals surface area contributed by atoms with Gasteiger partial charge in [0.2, 0.25) is 0 Å². The lowest BCUT2D eigenvalue weighted by molar-refractivity contribution is 0.590. The third-order valence-corrected chi connectivity index (χ3v) is 16.2. The van der Waals surface area contributed by atoms with Crippen LogP contribution in [-0.4, -0.2) is 6.85 Å². The second kappa shape index (κ2) is 13.6. The number of thiophene rings is 1. The van der Waals surface area contributed by atoms with Crippen molar-refractivity contribution in [2.24, 2.45) is 0 Å². The minimum atomic E-state index is -0.170. The van der Waals surface area contributed by atoms with Gasteiger partial charge in [0.05, 0.1) is 22.3 Å². The molecule has 0 saturated carbocycles. The van der Waals surface area contributed by atoms with Crippen molar-refractivity contribution in [1.29, 1.82) is 0 Å². The maximum Gasteiger partial charge on any atom is 0.333 e. The van der Waals surface area contributed by atoms with Gasteiger partial charge in [-0.1, -0.05) is 146 Å². The van der Waals surface area contributed by atoms with Gasteiger partial charge in [-0.25, -0.2) is 0 Å². The van der Waals surface area contributed by atoms with E-state index < -0.39 is 0 Å². The summed E-state index contributed by atoms with van der Waals surface area (Å²) < 4.78 is 8.96. The lowest BCUT2D eigenvalue weighted by Gasteiger charge is -2.46. The number of hydrogen-bond acceptors (Lipinski definition) is 4. The Labute approximate surface area is 392 Å². The summed E-state index contributed by atoms with van der Waals surface area (Å²) in [5, 5.41) is 3.68. The van der Waals surface area contributed by atoms with Crippen LogP contribution in [0.15, 0.2) is 168 Å². The lowest BCUT2D eigenvalue weighted by atomic mass is 9.43. The van der Waals surface area contributed by atoms with Gasteiger partial charge in [0.15, 0.2) is 0 Å². The Morgan fingerprint density at radius 1 is 0.545 bits per heavy atom. The number of rotatable bonds is 3. The van der Waals surface area contributed by atoms with E-state index in [9.17, 15) is 0 Å². The van der Waals surface area contributed by atoms with E-state index in [0.29, 0.717) is 0 Å². The summed E-state index contributed by atoms with van der Waals surface area (Å²) in [5.41, 5.74) is 22.3. The molecule has 0 atom stereocenters. The molecule has 1 aliphatic carbocycles. The third kappa shape index (κ3) is 5.56. The average Bonchev–Trinajstić information content (AvgIpc) is 4.00. The van der Waals surface area contributed by atoms with Crippen molar-refractivity contribution in [3.05, 3.63) is 186 Å². The van der Waals surface area contributed by atoms with Crippen LogP contribution in [-0.2, 0) is 16.2 Å². The molecule has 10 aromatic rings. The van der Waals surface area contributed by atoms with Crippen LogP contribution >= 0.6 is 11.3 Å². The molecule has 2 aromatic heterocycles. The largest absolute Gasteiger partial charge is 0.464 e. The van der Waals surface area contributed by atoms with Crippen LogP contribution in [0.1, 0.15) is 77.6 Å². The van der Waals surface area contributed by atoms with E-state index in [1.807, 2.05) is 17.6 Å². The maximum absolute atomic E-state index is 6.36. The zero-order valence-electron chi connectivity index (χ0n) is 38.9. The molecule has 3 aliphatic rings. The van der Waals surface area contributed by atoms with Gasteiger partial charge in [0, 0.05) is 54.5 Å². The van der Waals surface area contributed by atoms with E-state index in [1.165, 1.54) is 115 Å². The van der Waals surface area contributed by atoms with E-state index >= 15 is 0 Å². The molecule has 5 heteroatoms. The van der Waals surface area contributed by atoms with Crippen molar-refractivity contribution in [3.63, 3.8) is 0 Å². The Morgan fingerprint density at radius 2 is 1.27 bits per heavy atom. The van der Waals surface area contributed by atoms with Crippen LogP contribution < -0.4 is 20.6 Å². The molecule has 3 nitrogen and oxygen atoms in total. The molecule has 2 aliphatic heterocycles. The summed E-state index contributed by atoms with van der Waals surface area (Å²) >= 11 is 1.92. The van der Waals surface area contributed by atoms with E-state index in [-0.39, 0.29) is 23.1 Å². The summed E-state index contributed by atoms with van der Waals surface area (Å²) in [6.45, 7) is 18.5. The number of furan rings is 1. The smallest absolute Gasteiger partial charge is 0.333 e. The van der Waals surface area contributed by atoms with Gasteiger partial charge in [-0.2, -0.15) is 0 Å². The molecule has 66 heavy (non-hydrogen) atoms. The molecule has 8 aromatic carbocycles. The predicted molar refractivity (Wildman–Crippen MR) is 283 cm³/mol. The SMILES string of the molecule is CC(C)(C)c1ccc(N2B3c4cc5occc5cc4N(c4ccc(C(C)(C)C)cc4-c4ccccc4)c4c3c(cc3c4sc4ccccc43)-c3cc4c(cc32)C(C)(C)c2ccccc2-4)cc1. The average molecular weight is 871 g/mol. The zero-order chi connectivity index (χ0) is 45.0. The van der Waals surface area contributed by atoms with Crippen LogP contribution in [0.2, 0.25) is 0 Å². The van der Waals surface area contributed by atoms with Crippen molar-refractivity contribution < 1.29 is 4.42 Å². The highest BCUT2D eigenvalue weighted by Crippen LogP contribution is 2.57. The summed E-state index contributed by atoms with van der Waals surface area (Å²) in [6, 6.07) is 60.3. The summed E-state index contributed by atoms with van der Waals surface area (Å²) in [4.78, 5) is 5.32. The number of fused-ring (bicyclic) bond motifs is 12. The fourth-order valence-corrected chi connectivity index (χ4v) is 12.8. The zero-order valence-corrected chi connectivity index (χ0v) is 39.7. The molecule has 320 valence electrons. The summed E-state index contributed by atoms with van der Waals surface area (Å²) in [6.07, 6.45) is 1.85. The third-order valence-electron chi connectivity index (χ3n) is 15.0. The number of hydrogen-bond donors (Lipinski definition) is 0. The number of nitrogens with zero attached hydrogens (tertiary/aromatic N) is 2. The second-order valence-electron chi connectivity index (χ2n) is 21.4. The summed E-state index contributed by atoms with van der Waals surface area (Å²) in [5.74, 6) is 0. The first-order chi connectivity index (χ1) is 31.8. The van der Waals surface area contributed by atoms with Crippen molar-refractivity contribution >= 4 is 88.7 Å². The van der Waals surface area contributed by atoms with Gasteiger partial charge in [0.1, 0.15) is 5.58 Å². The highest BCUT2D eigenvalue weighted by molar-refractivity contribution is 7.26. The van der Waals surface area contributed by atoms with Crippen molar-refractivity contribution in [2.75, 3.05) is 9.71 Å². The van der Waals surface area contributed by atoms with Crippen LogP contribution in [0.5, 0.6) is 0 Å². The number of anilines is 5. The minimum absolute atomic E-state index is 0.0172. The first-order valence-electron chi connectivity index (χ1n) is 23.4. The Bertz CT molecular complexity index is 3660. The first-order valence-corrected chi connectivity index (χ1v) is 24.3. The van der Waals surface area contributed by atoms with Gasteiger partial charge < -0.3 is 14.1 Å². The van der Waals surface area contributed by atoms with Crippen molar-refractivity contribution in [2.45, 2.75) is 71.6 Å². The fraction of sp³-hybridized carbons (Fsp3) is 0.180. The fourth-order valence-electron chi connectivity index (χ4n) is 11.5. The minimum Gasteiger partial charge on any atom is -0.464 e. The van der Waals surface area contributed by atoms with Crippen molar-refractivity contribution in [1.82, 2.24) is 0 Å². The van der Waals surface area contributed by atoms with Gasteiger partial charge in [0.25, 0.3) is 0 Å². The van der Waals surface area contributed by atoms with E-state index in [0.717, 1.165) is 11.0 Å². The van der Waals surface area contributed by atoms with Gasteiger partial charge in [-0.05, 0) is 133 Å². The summed E-state index contributed by atoms with van der Waals surface area (Å²) in [7, 11) is 0. The molecule has 0 saturated heterocycles. The molecule has 4 heterocycles. The Balaban J connectivity index is 1.21. The predicted octanol–water partition coefficient (Wildman–Crippen LogP) is 16.1. The molecule has 0 N–H and O–H groups in total. The number of benzene rings is 8. The normalized spacial score (nSPS) is 14.7. The van der Waals surface area contributed by atoms with Crippen molar-refractivity contribution in [3.8, 4) is 33.4 Å². The molecule has 0 bridgehead atoms. The molecule has 13 rings (SSSR count). The van der Waals surface area contributed by atoms with Gasteiger partial charge >= 0.3 is 6.85 Å². The van der Waals surface area contributed by atoms with Crippen LogP contribution in [0.4, 0.5) is 28.4 Å². The Kier molecular flexibility index (Phi) is 8.16. The van der Waals surface area contributed by atoms with Crippen LogP contribution in [0, 0.1) is 0 Å². The Hall–Kier alpha value is -6.82. The van der Waals surface area contributed by atoms with Gasteiger partial charge in [-0.15, -0.1) is 11.3 Å². The molecule has 0 radical (unpaired) electrons. The monoisotopic (exact) mass is 870 g/mol. The van der Waals surface area contributed by atoms with E-state index in [2.05, 4.69) is 223 Å². The molecular weight excluding hydrogens is 820 g/mol. The first kappa shape index (κ1) is 39.5.